The summed E-state index contributed by atoms with van der Waals surface area (Å²) in [5.74, 6) is -3.14. The first kappa shape index (κ1) is 24.4. The first-order chi connectivity index (χ1) is 16.5. The molecule has 0 fully saturated rings. The third-order valence-electron chi connectivity index (χ3n) is 6.22. The van der Waals surface area contributed by atoms with Gasteiger partial charge in [0.25, 0.3) is 11.8 Å². The van der Waals surface area contributed by atoms with Gasteiger partial charge in [-0.05, 0) is 66.3 Å². The molecule has 2 amide bonds. The molecule has 0 N–H and O–H groups in total. The van der Waals surface area contributed by atoms with Crippen molar-refractivity contribution in [3.8, 4) is 0 Å². The van der Waals surface area contributed by atoms with Gasteiger partial charge in [-0.3, -0.25) is 14.5 Å². The fraction of sp³-hybridized carbons (Fsp3) is 0.214. The van der Waals surface area contributed by atoms with Crippen molar-refractivity contribution in [1.29, 1.82) is 0 Å². The molecule has 0 bridgehead atoms. The SMILES string of the molecule is Cc1cc(/C=C/C(c2cc(C)c(F)c(C)c2)C(F)(F)F)ccc1CN1C(=O)c2ccccc2C1=O. The lowest BCUT2D eigenvalue weighted by molar-refractivity contribution is -0.139. The molecule has 1 heterocycles. The molecule has 180 valence electrons. The van der Waals surface area contributed by atoms with E-state index in [0.29, 0.717) is 22.3 Å². The van der Waals surface area contributed by atoms with Crippen LogP contribution in [0.5, 0.6) is 0 Å². The molecule has 3 aromatic rings. The molecule has 1 atom stereocenters. The molecule has 0 radical (unpaired) electrons. The van der Waals surface area contributed by atoms with Gasteiger partial charge in [0.15, 0.2) is 0 Å². The Morgan fingerprint density at radius 2 is 1.43 bits per heavy atom. The lowest BCUT2D eigenvalue weighted by Crippen LogP contribution is -2.29. The average molecular weight is 481 g/mol. The molecular formula is C28H23F4NO2. The molecule has 0 aliphatic carbocycles. The van der Waals surface area contributed by atoms with Crippen molar-refractivity contribution >= 4 is 17.9 Å². The van der Waals surface area contributed by atoms with Crippen molar-refractivity contribution in [1.82, 2.24) is 4.90 Å². The zero-order chi connectivity index (χ0) is 25.5. The molecule has 4 rings (SSSR count). The molecule has 1 aliphatic heterocycles. The van der Waals surface area contributed by atoms with Crippen molar-refractivity contribution in [2.24, 2.45) is 0 Å². The van der Waals surface area contributed by atoms with Crippen LogP contribution in [0.2, 0.25) is 0 Å². The van der Waals surface area contributed by atoms with E-state index in [4.69, 9.17) is 0 Å². The van der Waals surface area contributed by atoms with Gasteiger partial charge < -0.3 is 0 Å². The normalized spacial score (nSPS) is 14.7. The first-order valence-electron chi connectivity index (χ1n) is 11.0. The number of carbonyl (C=O) groups is 2. The molecule has 7 heteroatoms. The lowest BCUT2D eigenvalue weighted by Gasteiger charge is -2.19. The van der Waals surface area contributed by atoms with E-state index >= 15 is 0 Å². The molecule has 0 saturated carbocycles. The quantitative estimate of drug-likeness (QED) is 0.293. The summed E-state index contributed by atoms with van der Waals surface area (Å²) in [6, 6.07) is 14.1. The van der Waals surface area contributed by atoms with Crippen LogP contribution < -0.4 is 0 Å². The van der Waals surface area contributed by atoms with Crippen LogP contribution in [0.15, 0.2) is 60.7 Å². The van der Waals surface area contributed by atoms with Gasteiger partial charge in [-0.2, -0.15) is 13.2 Å². The molecule has 3 aromatic carbocycles. The number of hydrogen-bond acceptors (Lipinski definition) is 2. The number of amides is 2. The number of allylic oxidation sites excluding steroid dienone is 1. The second kappa shape index (κ2) is 9.13. The molecule has 35 heavy (non-hydrogen) atoms. The maximum atomic E-state index is 13.9. The maximum absolute atomic E-state index is 13.9. The van der Waals surface area contributed by atoms with Gasteiger partial charge in [0.1, 0.15) is 5.82 Å². The Hall–Kier alpha value is -3.74. The van der Waals surface area contributed by atoms with E-state index in [2.05, 4.69) is 0 Å². The van der Waals surface area contributed by atoms with Crippen LogP contribution in [0.4, 0.5) is 17.6 Å². The van der Waals surface area contributed by atoms with Crippen molar-refractivity contribution in [3.63, 3.8) is 0 Å². The summed E-state index contributed by atoms with van der Waals surface area (Å²) in [7, 11) is 0. The minimum absolute atomic E-state index is 0.0240. The van der Waals surface area contributed by atoms with Crippen LogP contribution in [-0.4, -0.2) is 22.9 Å². The molecule has 3 nitrogen and oxygen atoms in total. The Balaban J connectivity index is 1.57. The van der Waals surface area contributed by atoms with Crippen LogP contribution in [0, 0.1) is 26.6 Å². The zero-order valence-corrected chi connectivity index (χ0v) is 19.4. The first-order valence-corrected chi connectivity index (χ1v) is 11.0. The van der Waals surface area contributed by atoms with Crippen LogP contribution in [-0.2, 0) is 6.54 Å². The molecule has 0 aromatic heterocycles. The maximum Gasteiger partial charge on any atom is 0.399 e. The minimum atomic E-state index is -4.55. The van der Waals surface area contributed by atoms with E-state index in [0.717, 1.165) is 11.6 Å². The zero-order valence-electron chi connectivity index (χ0n) is 19.4. The summed E-state index contributed by atoms with van der Waals surface area (Å²) < 4.78 is 55.4. The highest BCUT2D eigenvalue weighted by molar-refractivity contribution is 6.21. The summed E-state index contributed by atoms with van der Waals surface area (Å²) in [5.41, 5.74) is 3.02. The van der Waals surface area contributed by atoms with Crippen LogP contribution in [0.1, 0.15) is 60.0 Å². The number of benzene rings is 3. The topological polar surface area (TPSA) is 37.4 Å². The third kappa shape index (κ3) is 4.76. The Bertz CT molecular complexity index is 1300. The summed E-state index contributed by atoms with van der Waals surface area (Å²) in [6.07, 6.45) is -2.11. The summed E-state index contributed by atoms with van der Waals surface area (Å²) >= 11 is 0. The van der Waals surface area contributed by atoms with Crippen molar-refractivity contribution in [2.75, 3.05) is 0 Å². The third-order valence-corrected chi connectivity index (χ3v) is 6.22. The average Bonchev–Trinajstić information content (AvgIpc) is 3.03. The molecule has 1 unspecified atom stereocenters. The number of fused-ring (bicyclic) bond motifs is 1. The van der Waals surface area contributed by atoms with Crippen LogP contribution in [0.25, 0.3) is 6.08 Å². The number of nitrogens with zero attached hydrogens (tertiary/aromatic N) is 1. The minimum Gasteiger partial charge on any atom is -0.270 e. The van der Waals surface area contributed by atoms with Gasteiger partial charge in [-0.1, -0.05) is 54.6 Å². The second-order valence-electron chi connectivity index (χ2n) is 8.78. The summed E-state index contributed by atoms with van der Waals surface area (Å²) in [6.45, 7) is 4.74. The largest absolute Gasteiger partial charge is 0.399 e. The van der Waals surface area contributed by atoms with E-state index in [1.807, 2.05) is 0 Å². The van der Waals surface area contributed by atoms with E-state index in [1.165, 1.54) is 37.0 Å². The Morgan fingerprint density at radius 1 is 0.857 bits per heavy atom. The number of rotatable bonds is 5. The van der Waals surface area contributed by atoms with Crippen molar-refractivity contribution < 1.29 is 27.2 Å². The smallest absolute Gasteiger partial charge is 0.270 e. The fourth-order valence-corrected chi connectivity index (χ4v) is 4.33. The number of halogens is 4. The fourth-order valence-electron chi connectivity index (χ4n) is 4.33. The molecule has 0 saturated heterocycles. The molecular weight excluding hydrogens is 458 g/mol. The van der Waals surface area contributed by atoms with Crippen LogP contribution >= 0.6 is 0 Å². The number of aryl methyl sites for hydroxylation is 3. The van der Waals surface area contributed by atoms with Crippen molar-refractivity contribution in [2.45, 2.75) is 39.4 Å². The highest BCUT2D eigenvalue weighted by Gasteiger charge is 2.39. The van der Waals surface area contributed by atoms with E-state index in [9.17, 15) is 27.2 Å². The second-order valence-corrected chi connectivity index (χ2v) is 8.78. The summed E-state index contributed by atoms with van der Waals surface area (Å²) in [5, 5.41) is 0. The van der Waals surface area contributed by atoms with Gasteiger partial charge in [0, 0.05) is 0 Å². The predicted octanol–water partition coefficient (Wildman–Crippen LogP) is 6.91. The van der Waals surface area contributed by atoms with Gasteiger partial charge in [-0.15, -0.1) is 0 Å². The molecule has 0 spiro atoms. The highest BCUT2D eigenvalue weighted by Crippen LogP contribution is 2.38. The predicted molar refractivity (Wildman–Crippen MR) is 126 cm³/mol. The number of imide groups is 1. The van der Waals surface area contributed by atoms with Gasteiger partial charge in [-0.25, -0.2) is 4.39 Å². The van der Waals surface area contributed by atoms with E-state index in [-0.39, 0.29) is 35.0 Å². The Morgan fingerprint density at radius 3 is 1.94 bits per heavy atom. The van der Waals surface area contributed by atoms with Crippen molar-refractivity contribution in [3.05, 3.63) is 111 Å². The van der Waals surface area contributed by atoms with E-state index < -0.39 is 17.9 Å². The monoisotopic (exact) mass is 481 g/mol. The van der Waals surface area contributed by atoms with E-state index in [1.54, 1.807) is 49.4 Å². The number of carbonyl (C=O) groups excluding carboxylic acids is 2. The lowest BCUT2D eigenvalue weighted by atomic mass is 9.93. The number of hydrogen-bond donors (Lipinski definition) is 0. The summed E-state index contributed by atoms with van der Waals surface area (Å²) in [4.78, 5) is 26.4. The Kier molecular flexibility index (Phi) is 6.36. The standard InChI is InChI=1S/C28H23F4NO2/c1-16-12-19(9-11-24(28(30,31)32)21-13-17(2)25(29)18(3)14-21)8-10-20(16)15-33-26(34)22-6-4-5-7-23(22)27(33)35/h4-14,24H,15H2,1-3H3/b11-9+. The van der Waals surface area contributed by atoms with Gasteiger partial charge in [0.05, 0.1) is 23.6 Å². The molecule has 1 aliphatic rings. The Labute approximate surface area is 200 Å². The van der Waals surface area contributed by atoms with Gasteiger partial charge in [0.2, 0.25) is 0 Å². The number of alkyl halides is 3. The van der Waals surface area contributed by atoms with Gasteiger partial charge >= 0.3 is 6.18 Å². The van der Waals surface area contributed by atoms with Crippen LogP contribution in [0.3, 0.4) is 0 Å². The highest BCUT2D eigenvalue weighted by atomic mass is 19.4.